The second-order valence-corrected chi connectivity index (χ2v) is 6.98. The Morgan fingerprint density at radius 1 is 1.11 bits per heavy atom. The highest BCUT2D eigenvalue weighted by atomic mass is 16.1. The van der Waals surface area contributed by atoms with Gasteiger partial charge in [-0.2, -0.15) is 5.10 Å². The molecule has 3 heterocycles. The van der Waals surface area contributed by atoms with E-state index in [1.807, 2.05) is 61.1 Å². The summed E-state index contributed by atoms with van der Waals surface area (Å²) >= 11 is 0. The second kappa shape index (κ2) is 6.23. The van der Waals surface area contributed by atoms with Gasteiger partial charge in [0.25, 0.3) is 5.91 Å². The molecule has 140 valence electrons. The molecule has 0 radical (unpaired) electrons. The van der Waals surface area contributed by atoms with Crippen LogP contribution in [0.2, 0.25) is 0 Å². The van der Waals surface area contributed by atoms with Gasteiger partial charge in [-0.1, -0.05) is 18.2 Å². The van der Waals surface area contributed by atoms with Crippen molar-refractivity contribution in [3.05, 3.63) is 59.8 Å². The van der Waals surface area contributed by atoms with Crippen LogP contribution in [0, 0.1) is 6.92 Å². The number of rotatable bonds is 3. The number of imidazole rings is 1. The molecule has 1 amide bonds. The predicted octanol–water partition coefficient (Wildman–Crippen LogP) is 3.23. The molecule has 2 aromatic heterocycles. The summed E-state index contributed by atoms with van der Waals surface area (Å²) in [4.78, 5) is 17.3. The molecule has 0 spiro atoms. The van der Waals surface area contributed by atoms with E-state index in [1.54, 1.807) is 0 Å². The van der Waals surface area contributed by atoms with E-state index >= 15 is 0 Å². The van der Waals surface area contributed by atoms with Gasteiger partial charge >= 0.3 is 0 Å². The van der Waals surface area contributed by atoms with Gasteiger partial charge in [0.15, 0.2) is 0 Å². The van der Waals surface area contributed by atoms with E-state index in [2.05, 4.69) is 26.4 Å². The first kappa shape index (κ1) is 16.6. The molecule has 0 saturated carbocycles. The fourth-order valence-electron chi connectivity index (χ4n) is 3.82. The van der Waals surface area contributed by atoms with Crippen molar-refractivity contribution in [3.8, 4) is 11.4 Å². The summed E-state index contributed by atoms with van der Waals surface area (Å²) in [5.41, 5.74) is 5.27. The Morgan fingerprint density at radius 2 is 1.93 bits per heavy atom. The number of anilines is 2. The van der Waals surface area contributed by atoms with Crippen LogP contribution in [0.1, 0.15) is 16.1 Å². The Labute approximate surface area is 162 Å². The van der Waals surface area contributed by atoms with Crippen LogP contribution in [0.15, 0.2) is 48.5 Å². The maximum atomic E-state index is 12.4. The first-order valence-corrected chi connectivity index (χ1v) is 9.26. The van der Waals surface area contributed by atoms with E-state index in [0.29, 0.717) is 18.7 Å². The molecule has 1 aliphatic rings. The van der Waals surface area contributed by atoms with E-state index < -0.39 is 0 Å². The van der Waals surface area contributed by atoms with Crippen LogP contribution in [-0.4, -0.2) is 31.8 Å². The van der Waals surface area contributed by atoms with Crippen molar-refractivity contribution in [2.24, 2.45) is 7.05 Å². The molecule has 0 unspecified atom stereocenters. The predicted molar refractivity (Wildman–Crippen MR) is 109 cm³/mol. The summed E-state index contributed by atoms with van der Waals surface area (Å²) in [6.07, 6.45) is 0. The summed E-state index contributed by atoms with van der Waals surface area (Å²) in [6, 6.07) is 15.8. The number of benzene rings is 2. The second-order valence-electron chi connectivity index (χ2n) is 6.98. The van der Waals surface area contributed by atoms with Gasteiger partial charge in [0.1, 0.15) is 11.6 Å². The Bertz CT molecular complexity index is 1220. The standard InChI is InChI=1S/C21H20N6O/c1-13-12-18(26(2)25-13)23-16-8-4-3-6-14(16)20-24-17-9-5-7-15-19(17)27(20)11-10-22-21(15)28/h3-9,12,23H,10-11H2,1-2H3,(H,22,28). The average molecular weight is 372 g/mol. The van der Waals surface area contributed by atoms with Crippen molar-refractivity contribution in [1.82, 2.24) is 24.6 Å². The third-order valence-electron chi connectivity index (χ3n) is 5.06. The molecule has 7 nitrogen and oxygen atoms in total. The first-order chi connectivity index (χ1) is 13.6. The van der Waals surface area contributed by atoms with Gasteiger partial charge in [0.2, 0.25) is 0 Å². The monoisotopic (exact) mass is 372 g/mol. The molecule has 0 fully saturated rings. The minimum Gasteiger partial charge on any atom is -0.350 e. The maximum Gasteiger partial charge on any atom is 0.253 e. The number of para-hydroxylation sites is 2. The molecule has 2 N–H and O–H groups in total. The van der Waals surface area contributed by atoms with Crippen molar-refractivity contribution in [1.29, 1.82) is 0 Å². The molecule has 0 bridgehead atoms. The number of hydrogen-bond acceptors (Lipinski definition) is 4. The largest absolute Gasteiger partial charge is 0.350 e. The summed E-state index contributed by atoms with van der Waals surface area (Å²) in [5.74, 6) is 1.71. The first-order valence-electron chi connectivity index (χ1n) is 9.26. The van der Waals surface area contributed by atoms with Gasteiger partial charge in [-0.3, -0.25) is 9.48 Å². The quantitative estimate of drug-likeness (QED) is 0.579. The highest BCUT2D eigenvalue weighted by Gasteiger charge is 2.23. The molecule has 0 aliphatic carbocycles. The minimum absolute atomic E-state index is 0.0485. The smallest absolute Gasteiger partial charge is 0.253 e. The molecule has 7 heteroatoms. The van der Waals surface area contributed by atoms with Crippen LogP contribution < -0.4 is 10.6 Å². The lowest BCUT2D eigenvalue weighted by Gasteiger charge is -2.13. The number of nitrogens with one attached hydrogen (secondary N) is 2. The summed E-state index contributed by atoms with van der Waals surface area (Å²) < 4.78 is 3.96. The summed E-state index contributed by atoms with van der Waals surface area (Å²) in [5, 5.41) is 10.9. The fourth-order valence-corrected chi connectivity index (χ4v) is 3.82. The van der Waals surface area contributed by atoms with Crippen molar-refractivity contribution < 1.29 is 4.79 Å². The van der Waals surface area contributed by atoms with Gasteiger partial charge in [-0.15, -0.1) is 0 Å². The highest BCUT2D eigenvalue weighted by Crippen LogP contribution is 2.33. The molecule has 0 saturated heterocycles. The van der Waals surface area contributed by atoms with Crippen molar-refractivity contribution in [2.75, 3.05) is 11.9 Å². The van der Waals surface area contributed by atoms with Crippen LogP contribution in [-0.2, 0) is 13.6 Å². The summed E-state index contributed by atoms with van der Waals surface area (Å²) in [7, 11) is 1.92. The zero-order chi connectivity index (χ0) is 19.3. The van der Waals surface area contributed by atoms with Crippen LogP contribution >= 0.6 is 0 Å². The number of hydrogen-bond donors (Lipinski definition) is 2. The fraction of sp³-hybridized carbons (Fsp3) is 0.190. The van der Waals surface area contributed by atoms with Gasteiger partial charge < -0.3 is 15.2 Å². The Hall–Kier alpha value is -3.61. The Kier molecular flexibility index (Phi) is 3.68. The zero-order valence-corrected chi connectivity index (χ0v) is 15.7. The highest BCUT2D eigenvalue weighted by molar-refractivity contribution is 6.06. The molecule has 1 aliphatic heterocycles. The Balaban J connectivity index is 1.69. The average Bonchev–Trinajstić information content (AvgIpc) is 3.15. The van der Waals surface area contributed by atoms with E-state index in [4.69, 9.17) is 4.98 Å². The van der Waals surface area contributed by atoms with Crippen LogP contribution in [0.25, 0.3) is 22.4 Å². The van der Waals surface area contributed by atoms with Crippen LogP contribution in [0.4, 0.5) is 11.5 Å². The van der Waals surface area contributed by atoms with Crippen molar-refractivity contribution >= 4 is 28.4 Å². The number of carbonyl (C=O) groups excluding carboxylic acids is 1. The van der Waals surface area contributed by atoms with Crippen LogP contribution in [0.3, 0.4) is 0 Å². The van der Waals surface area contributed by atoms with Crippen LogP contribution in [0.5, 0.6) is 0 Å². The number of nitrogens with zero attached hydrogens (tertiary/aromatic N) is 4. The lowest BCUT2D eigenvalue weighted by molar-refractivity contribution is 0.0956. The topological polar surface area (TPSA) is 76.8 Å². The van der Waals surface area contributed by atoms with Gasteiger partial charge in [-0.25, -0.2) is 4.98 Å². The number of amides is 1. The zero-order valence-electron chi connectivity index (χ0n) is 15.7. The number of aryl methyl sites for hydroxylation is 2. The normalized spacial score (nSPS) is 13.4. The lowest BCUT2D eigenvalue weighted by atomic mass is 10.1. The molecule has 4 aromatic rings. The minimum atomic E-state index is -0.0485. The molecular weight excluding hydrogens is 352 g/mol. The number of aromatic nitrogens is 4. The van der Waals surface area contributed by atoms with Crippen molar-refractivity contribution in [2.45, 2.75) is 13.5 Å². The number of carbonyl (C=O) groups is 1. The molecule has 0 atom stereocenters. The van der Waals surface area contributed by atoms with Crippen molar-refractivity contribution in [3.63, 3.8) is 0 Å². The third kappa shape index (κ3) is 2.55. The maximum absolute atomic E-state index is 12.4. The van der Waals surface area contributed by atoms with Gasteiger partial charge in [0.05, 0.1) is 28.0 Å². The lowest BCUT2D eigenvalue weighted by Crippen LogP contribution is -2.24. The van der Waals surface area contributed by atoms with E-state index in [9.17, 15) is 4.79 Å². The van der Waals surface area contributed by atoms with E-state index in [0.717, 1.165) is 39.6 Å². The molecule has 2 aromatic carbocycles. The molecular formula is C21H20N6O. The van der Waals surface area contributed by atoms with E-state index in [-0.39, 0.29) is 5.91 Å². The summed E-state index contributed by atoms with van der Waals surface area (Å²) in [6.45, 7) is 3.22. The van der Waals surface area contributed by atoms with E-state index in [1.165, 1.54) is 0 Å². The SMILES string of the molecule is Cc1cc(Nc2ccccc2-c2nc3cccc4c3n2CCNC4=O)n(C)n1. The third-order valence-corrected chi connectivity index (χ3v) is 5.06. The van der Waals surface area contributed by atoms with Gasteiger partial charge in [-0.05, 0) is 31.2 Å². The Morgan fingerprint density at radius 3 is 2.75 bits per heavy atom. The molecule has 5 rings (SSSR count). The molecule has 28 heavy (non-hydrogen) atoms. The van der Waals surface area contributed by atoms with Gasteiger partial charge in [0, 0.05) is 31.8 Å².